The highest BCUT2D eigenvalue weighted by atomic mass is 32.1. The van der Waals surface area contributed by atoms with E-state index in [-0.39, 0.29) is 11.6 Å². The fourth-order valence-corrected chi connectivity index (χ4v) is 2.79. The van der Waals surface area contributed by atoms with Crippen molar-refractivity contribution in [3.05, 3.63) is 38.9 Å². The lowest BCUT2D eigenvalue weighted by molar-refractivity contribution is 0.0601. The fourth-order valence-electron chi connectivity index (χ4n) is 2.45. The zero-order valence-corrected chi connectivity index (χ0v) is 11.8. The maximum Gasteiger partial charge on any atom is 0.337 e. The Labute approximate surface area is 120 Å². The summed E-state index contributed by atoms with van der Waals surface area (Å²) >= 11 is 5.27. The Morgan fingerprint density at radius 2 is 2.20 bits per heavy atom. The molecule has 1 heterocycles. The molecule has 1 aromatic carbocycles. The van der Waals surface area contributed by atoms with Gasteiger partial charge in [-0.3, -0.25) is 9.36 Å². The summed E-state index contributed by atoms with van der Waals surface area (Å²) in [5.41, 5.74) is 0.870. The molecule has 2 aromatic rings. The second-order valence-corrected chi connectivity index (χ2v) is 5.33. The number of benzene rings is 1. The zero-order valence-electron chi connectivity index (χ0n) is 11.0. The number of aromatic nitrogens is 2. The van der Waals surface area contributed by atoms with Gasteiger partial charge in [0.25, 0.3) is 5.56 Å². The van der Waals surface area contributed by atoms with Gasteiger partial charge in [0.2, 0.25) is 0 Å². The number of esters is 1. The van der Waals surface area contributed by atoms with Gasteiger partial charge in [-0.25, -0.2) is 4.79 Å². The predicted octanol–water partition coefficient (Wildman–Crippen LogP) is 2.57. The molecule has 3 rings (SSSR count). The molecule has 0 bridgehead atoms. The number of ether oxygens (including phenoxy) is 1. The molecule has 1 aliphatic carbocycles. The molecule has 1 saturated carbocycles. The summed E-state index contributed by atoms with van der Waals surface area (Å²) in [4.78, 5) is 27.0. The molecule has 104 valence electrons. The van der Waals surface area contributed by atoms with Gasteiger partial charge in [0.15, 0.2) is 4.77 Å². The van der Waals surface area contributed by atoms with Crippen LogP contribution in [-0.4, -0.2) is 22.6 Å². The Morgan fingerprint density at radius 1 is 1.45 bits per heavy atom. The van der Waals surface area contributed by atoms with Crippen molar-refractivity contribution in [2.24, 2.45) is 0 Å². The second-order valence-electron chi connectivity index (χ2n) is 4.94. The van der Waals surface area contributed by atoms with Crippen LogP contribution in [0.1, 0.15) is 35.7 Å². The van der Waals surface area contributed by atoms with Crippen molar-refractivity contribution in [2.45, 2.75) is 25.3 Å². The summed E-state index contributed by atoms with van der Waals surface area (Å²) in [5, 5.41) is 0.540. The van der Waals surface area contributed by atoms with Crippen LogP contribution in [0.25, 0.3) is 10.9 Å². The monoisotopic (exact) mass is 290 g/mol. The number of carbonyl (C=O) groups excluding carboxylic acids is 1. The zero-order chi connectivity index (χ0) is 14.3. The summed E-state index contributed by atoms with van der Waals surface area (Å²) in [5.74, 6) is -0.436. The smallest absolute Gasteiger partial charge is 0.337 e. The van der Waals surface area contributed by atoms with Crippen LogP contribution in [0.2, 0.25) is 0 Å². The Bertz CT molecular complexity index is 802. The highest BCUT2D eigenvalue weighted by Gasteiger charge is 2.22. The first kappa shape index (κ1) is 13.1. The molecule has 1 aliphatic rings. The highest BCUT2D eigenvalue weighted by Crippen LogP contribution is 2.30. The van der Waals surface area contributed by atoms with E-state index in [2.05, 4.69) is 9.72 Å². The molecule has 1 aromatic heterocycles. The lowest BCUT2D eigenvalue weighted by Crippen LogP contribution is -2.30. The van der Waals surface area contributed by atoms with E-state index < -0.39 is 5.97 Å². The predicted molar refractivity (Wildman–Crippen MR) is 77.6 cm³/mol. The van der Waals surface area contributed by atoms with Crippen molar-refractivity contribution in [2.75, 3.05) is 7.11 Å². The minimum atomic E-state index is -0.436. The molecule has 0 aliphatic heterocycles. The largest absolute Gasteiger partial charge is 0.465 e. The molecule has 0 unspecified atom stereocenters. The number of nitrogens with zero attached hydrogens (tertiary/aromatic N) is 1. The van der Waals surface area contributed by atoms with Gasteiger partial charge in [0.05, 0.1) is 23.6 Å². The van der Waals surface area contributed by atoms with Gasteiger partial charge in [-0.1, -0.05) is 0 Å². The van der Waals surface area contributed by atoms with Crippen LogP contribution in [0.4, 0.5) is 0 Å². The number of fused-ring (bicyclic) bond motifs is 1. The second kappa shape index (κ2) is 4.86. The van der Waals surface area contributed by atoms with Crippen LogP contribution in [0.5, 0.6) is 0 Å². The van der Waals surface area contributed by atoms with Crippen LogP contribution in [0.3, 0.4) is 0 Å². The Kier molecular flexibility index (Phi) is 3.17. The molecule has 1 N–H and O–H groups in total. The van der Waals surface area contributed by atoms with Crippen LogP contribution >= 0.6 is 12.2 Å². The molecular weight excluding hydrogens is 276 g/mol. The third-order valence-electron chi connectivity index (χ3n) is 3.79. The minimum absolute atomic E-state index is 0.0927. The number of methoxy groups -OCH3 is 1. The highest BCUT2D eigenvalue weighted by molar-refractivity contribution is 7.71. The number of hydrogen-bond donors (Lipinski definition) is 1. The first-order chi connectivity index (χ1) is 9.61. The molecule has 5 nitrogen and oxygen atoms in total. The third-order valence-corrected chi connectivity index (χ3v) is 4.09. The van der Waals surface area contributed by atoms with E-state index in [9.17, 15) is 9.59 Å². The van der Waals surface area contributed by atoms with Crippen LogP contribution in [-0.2, 0) is 4.74 Å². The first-order valence-electron chi connectivity index (χ1n) is 6.48. The third kappa shape index (κ3) is 1.96. The Morgan fingerprint density at radius 3 is 2.80 bits per heavy atom. The minimum Gasteiger partial charge on any atom is -0.465 e. The van der Waals surface area contributed by atoms with E-state index in [0.717, 1.165) is 19.3 Å². The van der Waals surface area contributed by atoms with Crippen molar-refractivity contribution < 1.29 is 9.53 Å². The van der Waals surface area contributed by atoms with Gasteiger partial charge in [0.1, 0.15) is 0 Å². The van der Waals surface area contributed by atoms with E-state index >= 15 is 0 Å². The van der Waals surface area contributed by atoms with Gasteiger partial charge >= 0.3 is 5.97 Å². The van der Waals surface area contributed by atoms with Crippen molar-refractivity contribution >= 4 is 29.1 Å². The maximum absolute atomic E-state index is 12.5. The summed E-state index contributed by atoms with van der Waals surface area (Å²) < 4.78 is 6.74. The van der Waals surface area contributed by atoms with Crippen LogP contribution < -0.4 is 5.56 Å². The quantitative estimate of drug-likeness (QED) is 0.682. The number of nitrogens with one attached hydrogen (secondary N) is 1. The first-order valence-corrected chi connectivity index (χ1v) is 6.89. The average molecular weight is 290 g/mol. The molecule has 6 heteroatoms. The lowest BCUT2D eigenvalue weighted by atomic mass is 9.93. The maximum atomic E-state index is 12.5. The van der Waals surface area contributed by atoms with E-state index in [1.165, 1.54) is 7.11 Å². The SMILES string of the molecule is COC(=O)c1ccc2c(=O)n(C3CCC3)c(=S)[nH]c2c1. The van der Waals surface area contributed by atoms with E-state index in [4.69, 9.17) is 12.2 Å². The molecule has 0 spiro atoms. The molecule has 0 radical (unpaired) electrons. The Hall–Kier alpha value is -1.95. The number of H-pyrrole nitrogens is 1. The number of rotatable bonds is 2. The number of aromatic amines is 1. The van der Waals surface area contributed by atoms with Gasteiger partial charge in [-0.2, -0.15) is 0 Å². The summed E-state index contributed by atoms with van der Waals surface area (Å²) in [7, 11) is 1.32. The topological polar surface area (TPSA) is 64.1 Å². The van der Waals surface area contributed by atoms with Gasteiger partial charge in [-0.15, -0.1) is 0 Å². The van der Waals surface area contributed by atoms with Crippen LogP contribution in [0, 0.1) is 4.77 Å². The van der Waals surface area contributed by atoms with Gasteiger partial charge in [-0.05, 0) is 49.7 Å². The standard InChI is InChI=1S/C14H14N2O3S/c1-19-13(18)8-5-6-10-11(7-8)15-14(20)16(12(10)17)9-3-2-4-9/h5-7,9H,2-4H2,1H3,(H,15,20). The van der Waals surface area contributed by atoms with Crippen molar-refractivity contribution in [3.8, 4) is 0 Å². The van der Waals surface area contributed by atoms with E-state index in [1.54, 1.807) is 22.8 Å². The molecule has 0 amide bonds. The van der Waals surface area contributed by atoms with Crippen LogP contribution in [0.15, 0.2) is 23.0 Å². The molecule has 0 atom stereocenters. The molecule has 20 heavy (non-hydrogen) atoms. The van der Waals surface area contributed by atoms with E-state index in [1.807, 2.05) is 0 Å². The number of carbonyl (C=O) groups is 1. The van der Waals surface area contributed by atoms with Crippen molar-refractivity contribution in [1.82, 2.24) is 9.55 Å². The van der Waals surface area contributed by atoms with Crippen molar-refractivity contribution in [3.63, 3.8) is 0 Å². The summed E-state index contributed by atoms with van der Waals surface area (Å²) in [6.45, 7) is 0. The Balaban J connectivity index is 2.22. The normalized spacial score (nSPS) is 15.1. The molecule has 0 saturated heterocycles. The molecular formula is C14H14N2O3S. The van der Waals surface area contributed by atoms with Gasteiger partial charge < -0.3 is 9.72 Å². The van der Waals surface area contributed by atoms with Gasteiger partial charge in [0, 0.05) is 6.04 Å². The number of hydrogen-bond acceptors (Lipinski definition) is 4. The van der Waals surface area contributed by atoms with Crippen molar-refractivity contribution in [1.29, 1.82) is 0 Å². The van der Waals surface area contributed by atoms with E-state index in [0.29, 0.717) is 21.2 Å². The lowest BCUT2D eigenvalue weighted by Gasteiger charge is -2.27. The summed E-state index contributed by atoms with van der Waals surface area (Å²) in [6.07, 6.45) is 3.11. The summed E-state index contributed by atoms with van der Waals surface area (Å²) in [6, 6.07) is 5.04. The average Bonchev–Trinajstić information content (AvgIpc) is 2.39. The molecule has 1 fully saturated rings. The fraction of sp³-hybridized carbons (Fsp3) is 0.357.